The summed E-state index contributed by atoms with van der Waals surface area (Å²) in [4.78, 5) is 8.84. The molecule has 1 aromatic heterocycles. The molecule has 40 heavy (non-hydrogen) atoms. The molecule has 3 aromatic rings. The van der Waals surface area contributed by atoms with Gasteiger partial charge in [-0.15, -0.1) is 11.8 Å². The van der Waals surface area contributed by atoms with Crippen molar-refractivity contribution in [1.82, 2.24) is 19.4 Å². The number of rotatable bonds is 8. The summed E-state index contributed by atoms with van der Waals surface area (Å²) in [6.45, 7) is 7.64. The first-order chi connectivity index (χ1) is 19.3. The van der Waals surface area contributed by atoms with E-state index in [1.165, 1.54) is 0 Å². The maximum Gasteiger partial charge on any atom is 0.215 e. The Labute approximate surface area is 259 Å². The Bertz CT molecular complexity index is 1320. The van der Waals surface area contributed by atoms with Gasteiger partial charge in [0.2, 0.25) is 5.79 Å². The Morgan fingerprint density at radius 2 is 1.95 bits per heavy atom. The number of hydrogen-bond donors (Lipinski definition) is 0. The van der Waals surface area contributed by atoms with E-state index in [0.717, 1.165) is 48.2 Å². The zero-order chi connectivity index (χ0) is 28.3. The van der Waals surface area contributed by atoms with Crippen molar-refractivity contribution in [2.75, 3.05) is 45.6 Å². The first kappa shape index (κ1) is 29.9. The Morgan fingerprint density at radius 3 is 2.62 bits per heavy atom. The van der Waals surface area contributed by atoms with Crippen LogP contribution in [0.4, 0.5) is 0 Å². The standard InChI is InChI=1S/C28H31Cl3N4O3S2/c1-19-11-20(14-33-7-9-35(10-8-33)27(39)40-2)12-25(31)26(19)36-15-22-16-37-28(38-22,17-34-6-5-32-18-34)23-4-3-21(29)13-24(23)30/h3-6,11-13,18,22H,7-10,14-17H2,1-2H3/t22-,28-/m1/s1. The van der Waals surface area contributed by atoms with Crippen molar-refractivity contribution in [1.29, 1.82) is 0 Å². The first-order valence-corrected chi connectivity index (χ1v) is 15.7. The minimum absolute atomic E-state index is 0.272. The third-order valence-corrected chi connectivity index (χ3v) is 9.26. The zero-order valence-corrected chi connectivity index (χ0v) is 26.2. The van der Waals surface area contributed by atoms with E-state index in [9.17, 15) is 0 Å². The summed E-state index contributed by atoms with van der Waals surface area (Å²) < 4.78 is 21.9. The molecule has 0 saturated carbocycles. The Balaban J connectivity index is 1.23. The predicted molar refractivity (Wildman–Crippen MR) is 166 cm³/mol. The second-order valence-electron chi connectivity index (χ2n) is 9.93. The van der Waals surface area contributed by atoms with Crippen LogP contribution in [0.1, 0.15) is 16.7 Å². The molecule has 0 unspecified atom stereocenters. The number of aryl methyl sites for hydroxylation is 1. The minimum Gasteiger partial charge on any atom is -0.489 e. The number of thiocarbonyl (C=S) groups is 1. The summed E-state index contributed by atoms with van der Waals surface area (Å²) in [5.41, 5.74) is 2.84. The van der Waals surface area contributed by atoms with E-state index in [-0.39, 0.29) is 12.7 Å². The molecule has 0 bridgehead atoms. The van der Waals surface area contributed by atoms with Crippen molar-refractivity contribution in [3.63, 3.8) is 0 Å². The molecule has 0 aliphatic carbocycles. The summed E-state index contributed by atoms with van der Waals surface area (Å²) in [5.74, 6) is -0.455. The van der Waals surface area contributed by atoms with Crippen LogP contribution in [0.5, 0.6) is 5.75 Å². The lowest BCUT2D eigenvalue weighted by atomic mass is 10.1. The molecule has 0 amide bonds. The summed E-state index contributed by atoms with van der Waals surface area (Å²) in [6.07, 6.45) is 6.97. The quantitative estimate of drug-likeness (QED) is 0.267. The van der Waals surface area contributed by atoms with E-state index < -0.39 is 5.79 Å². The van der Waals surface area contributed by atoms with Crippen LogP contribution in [-0.4, -0.2) is 75.4 Å². The fourth-order valence-corrected chi connectivity index (χ4v) is 6.62. The second-order valence-corrected chi connectivity index (χ2v) is 12.6. The number of benzene rings is 2. The van der Waals surface area contributed by atoms with Crippen LogP contribution in [0.2, 0.25) is 15.1 Å². The van der Waals surface area contributed by atoms with Gasteiger partial charge in [0.05, 0.1) is 29.5 Å². The number of nitrogens with zero attached hydrogens (tertiary/aromatic N) is 4. The first-order valence-electron chi connectivity index (χ1n) is 13.0. The molecule has 7 nitrogen and oxygen atoms in total. The monoisotopic (exact) mass is 640 g/mol. The second kappa shape index (κ2) is 13.2. The highest BCUT2D eigenvalue weighted by atomic mass is 35.5. The molecule has 0 radical (unpaired) electrons. The molecule has 2 fully saturated rings. The summed E-state index contributed by atoms with van der Waals surface area (Å²) in [5, 5.41) is 1.60. The lowest BCUT2D eigenvalue weighted by molar-refractivity contribution is -0.189. The van der Waals surface area contributed by atoms with Crippen LogP contribution in [0, 0.1) is 6.92 Å². The molecule has 12 heteroatoms. The normalized spacial score (nSPS) is 21.6. The average Bonchev–Trinajstić information content (AvgIpc) is 3.59. The van der Waals surface area contributed by atoms with Crippen molar-refractivity contribution in [3.8, 4) is 5.75 Å². The van der Waals surface area contributed by atoms with Crippen LogP contribution in [0.15, 0.2) is 49.1 Å². The molecule has 5 rings (SSSR count). The number of hydrogen-bond acceptors (Lipinski definition) is 7. The van der Waals surface area contributed by atoms with E-state index in [1.807, 2.05) is 36.1 Å². The summed E-state index contributed by atoms with van der Waals surface area (Å²) in [7, 11) is 0. The Morgan fingerprint density at radius 1 is 1.15 bits per heavy atom. The van der Waals surface area contributed by atoms with Gasteiger partial charge in [-0.1, -0.05) is 59.2 Å². The SMILES string of the molecule is CSC(=S)N1CCN(Cc2cc(C)c(OC[C@@H]3CO[C@@](Cn4ccnc4)(c4ccc(Cl)cc4Cl)O3)c(Cl)c2)CC1. The molecule has 214 valence electrons. The summed E-state index contributed by atoms with van der Waals surface area (Å²) in [6, 6.07) is 9.43. The highest BCUT2D eigenvalue weighted by Crippen LogP contribution is 2.41. The fraction of sp³-hybridized carbons (Fsp3) is 0.429. The number of ether oxygens (including phenoxy) is 3. The number of aromatic nitrogens is 2. The molecular formula is C28H31Cl3N4O3S2. The van der Waals surface area contributed by atoms with Gasteiger partial charge in [0.25, 0.3) is 0 Å². The number of imidazole rings is 1. The van der Waals surface area contributed by atoms with Crippen molar-refractivity contribution in [2.24, 2.45) is 0 Å². The molecular weight excluding hydrogens is 611 g/mol. The summed E-state index contributed by atoms with van der Waals surface area (Å²) >= 11 is 26.5. The molecule has 0 spiro atoms. The van der Waals surface area contributed by atoms with Crippen LogP contribution in [0.3, 0.4) is 0 Å². The number of piperazine rings is 1. The van der Waals surface area contributed by atoms with Gasteiger partial charge in [0.15, 0.2) is 0 Å². The molecule has 2 atom stereocenters. The van der Waals surface area contributed by atoms with Crippen molar-refractivity contribution in [3.05, 3.63) is 80.8 Å². The Hall–Kier alpha value is -1.56. The molecule has 0 N–H and O–H groups in total. The van der Waals surface area contributed by atoms with Gasteiger partial charge in [-0.25, -0.2) is 4.98 Å². The topological polar surface area (TPSA) is 52.0 Å². The van der Waals surface area contributed by atoms with Crippen LogP contribution < -0.4 is 4.74 Å². The molecule has 2 saturated heterocycles. The van der Waals surface area contributed by atoms with Crippen molar-refractivity contribution >= 4 is 63.1 Å². The lowest BCUT2D eigenvalue weighted by Gasteiger charge is -2.35. The highest BCUT2D eigenvalue weighted by Gasteiger charge is 2.45. The van der Waals surface area contributed by atoms with Crippen molar-refractivity contribution < 1.29 is 14.2 Å². The van der Waals surface area contributed by atoms with Gasteiger partial charge < -0.3 is 23.7 Å². The van der Waals surface area contributed by atoms with Crippen LogP contribution in [-0.2, 0) is 28.4 Å². The van der Waals surface area contributed by atoms with Gasteiger partial charge in [-0.2, -0.15) is 0 Å². The van der Waals surface area contributed by atoms with E-state index in [1.54, 1.807) is 36.4 Å². The smallest absolute Gasteiger partial charge is 0.215 e. The van der Waals surface area contributed by atoms with Gasteiger partial charge in [-0.3, -0.25) is 4.90 Å². The van der Waals surface area contributed by atoms with Gasteiger partial charge >= 0.3 is 0 Å². The van der Waals surface area contributed by atoms with Gasteiger partial charge in [0.1, 0.15) is 22.8 Å². The van der Waals surface area contributed by atoms with E-state index in [2.05, 4.69) is 20.9 Å². The number of halogens is 3. The third-order valence-electron chi connectivity index (χ3n) is 7.06. The maximum absolute atomic E-state index is 6.72. The molecule has 2 aliphatic heterocycles. The maximum atomic E-state index is 6.72. The fourth-order valence-electron chi connectivity index (χ4n) is 5.10. The average molecular weight is 642 g/mol. The third kappa shape index (κ3) is 6.90. The largest absolute Gasteiger partial charge is 0.489 e. The van der Waals surface area contributed by atoms with E-state index in [0.29, 0.717) is 39.5 Å². The van der Waals surface area contributed by atoms with E-state index >= 15 is 0 Å². The molecule has 3 heterocycles. The highest BCUT2D eigenvalue weighted by molar-refractivity contribution is 8.22. The van der Waals surface area contributed by atoms with Crippen LogP contribution >= 0.6 is 58.8 Å². The molecule has 2 aliphatic rings. The minimum atomic E-state index is -1.11. The lowest BCUT2D eigenvalue weighted by Crippen LogP contribution is -2.47. The number of thioether (sulfide) groups is 1. The van der Waals surface area contributed by atoms with Gasteiger partial charge in [-0.05, 0) is 42.5 Å². The van der Waals surface area contributed by atoms with Crippen molar-refractivity contribution in [2.45, 2.75) is 31.9 Å². The zero-order valence-electron chi connectivity index (χ0n) is 22.3. The van der Waals surface area contributed by atoms with Gasteiger partial charge in [0, 0.05) is 55.7 Å². The Kier molecular flexibility index (Phi) is 9.85. The van der Waals surface area contributed by atoms with Crippen LogP contribution in [0.25, 0.3) is 0 Å². The van der Waals surface area contributed by atoms with E-state index in [4.69, 9.17) is 61.2 Å². The predicted octanol–water partition coefficient (Wildman–Crippen LogP) is 6.26. The molecule has 2 aromatic carbocycles.